The third-order valence-corrected chi connectivity index (χ3v) is 14.6. The van der Waals surface area contributed by atoms with Gasteiger partial charge in [0.1, 0.15) is 11.0 Å². The SMILES string of the molecule is CC(C)(C)c1ccc2c(c1)c1cc(C(C)(C)C)ccc1n2-c1ccc(-n2c3ccccc3c3nc4c(nc32)c2ccccc2n4-c2ccc(-c3cc(-c4ccccc4)cc(-c4ccccc4)c3)cc2)cc1. The predicted octanol–water partition coefficient (Wildman–Crippen LogP) is 17.4. The standard InChI is InChI=1S/C66H53N5/c1-65(2,3)48-27-35-59-55(40-48)56-41-49(66(4,5)6)28-36-60(56)69(59)50-31-33-52(34-32-50)71-58-24-16-14-22-54(58)62-64(71)68-61-53-21-13-15-23-57(53)70(63(61)67-62)51-29-25-44(26-30-51)47-38-45(42-17-9-7-10-18-42)37-46(39-47)43-19-11-8-12-20-43/h7-41H,1-6H3. The van der Waals surface area contributed by atoms with Crippen molar-refractivity contribution in [1.29, 1.82) is 0 Å². The maximum Gasteiger partial charge on any atom is 0.165 e. The normalized spacial score (nSPS) is 12.4. The molecular formula is C66H53N5. The number of benzene rings is 9. The summed E-state index contributed by atoms with van der Waals surface area (Å²) in [5.74, 6) is 0. The Labute approximate surface area is 413 Å². The third kappa shape index (κ3) is 7.06. The van der Waals surface area contributed by atoms with Gasteiger partial charge in [-0.3, -0.25) is 9.13 Å². The van der Waals surface area contributed by atoms with Crippen LogP contribution in [0.2, 0.25) is 0 Å². The van der Waals surface area contributed by atoms with E-state index < -0.39 is 0 Å². The van der Waals surface area contributed by atoms with Gasteiger partial charge in [0.15, 0.2) is 11.3 Å². The highest BCUT2D eigenvalue weighted by Gasteiger charge is 2.24. The van der Waals surface area contributed by atoms with Crippen molar-refractivity contribution in [1.82, 2.24) is 23.7 Å². The van der Waals surface area contributed by atoms with Gasteiger partial charge in [-0.1, -0.05) is 163 Å². The van der Waals surface area contributed by atoms with Crippen LogP contribution in [0.3, 0.4) is 0 Å². The monoisotopic (exact) mass is 915 g/mol. The number of fused-ring (bicyclic) bond motifs is 9. The first-order valence-corrected chi connectivity index (χ1v) is 24.7. The molecule has 0 aliphatic heterocycles. The van der Waals surface area contributed by atoms with Crippen LogP contribution in [0, 0.1) is 0 Å². The lowest BCUT2D eigenvalue weighted by Crippen LogP contribution is -2.10. The Kier molecular flexibility index (Phi) is 9.60. The molecule has 0 fully saturated rings. The minimum atomic E-state index is 0.0359. The average Bonchev–Trinajstić information content (AvgIpc) is 4.02. The number of nitrogens with zero attached hydrogens (tertiary/aromatic N) is 5. The highest BCUT2D eigenvalue weighted by Crippen LogP contribution is 2.40. The zero-order valence-corrected chi connectivity index (χ0v) is 40.9. The molecule has 0 saturated heterocycles. The Hall–Kier alpha value is -8.54. The van der Waals surface area contributed by atoms with Gasteiger partial charge in [-0.25, -0.2) is 9.97 Å². The fourth-order valence-corrected chi connectivity index (χ4v) is 10.8. The van der Waals surface area contributed by atoms with Crippen LogP contribution in [0.25, 0.3) is 116 Å². The van der Waals surface area contributed by atoms with Crippen molar-refractivity contribution in [2.45, 2.75) is 52.4 Å². The summed E-state index contributed by atoms with van der Waals surface area (Å²) in [6.07, 6.45) is 0. The van der Waals surface area contributed by atoms with Crippen molar-refractivity contribution in [2.24, 2.45) is 0 Å². The fraction of sp³-hybridized carbons (Fsp3) is 0.121. The van der Waals surface area contributed by atoms with E-state index in [0.29, 0.717) is 0 Å². The molecule has 0 spiro atoms. The molecule has 13 aromatic rings. The molecule has 0 aliphatic carbocycles. The van der Waals surface area contributed by atoms with E-state index in [1.807, 2.05) is 0 Å². The highest BCUT2D eigenvalue weighted by atomic mass is 15.1. The first kappa shape index (κ1) is 42.6. The van der Waals surface area contributed by atoms with E-state index >= 15 is 0 Å². The number of rotatable bonds is 6. The third-order valence-electron chi connectivity index (χ3n) is 14.6. The zero-order valence-electron chi connectivity index (χ0n) is 40.9. The van der Waals surface area contributed by atoms with Crippen LogP contribution in [0.4, 0.5) is 0 Å². The zero-order chi connectivity index (χ0) is 48.2. The van der Waals surface area contributed by atoms with Crippen molar-refractivity contribution in [3.63, 3.8) is 0 Å². The smallest absolute Gasteiger partial charge is 0.165 e. The number of hydrogen-bond donors (Lipinski definition) is 0. The summed E-state index contributed by atoms with van der Waals surface area (Å²) >= 11 is 0. The van der Waals surface area contributed by atoms with Crippen LogP contribution in [-0.2, 0) is 10.8 Å². The summed E-state index contributed by atoms with van der Waals surface area (Å²) in [6, 6.07) is 77.3. The Morgan fingerprint density at radius 2 is 0.620 bits per heavy atom. The number of aromatic nitrogens is 5. The number of hydrogen-bond acceptors (Lipinski definition) is 2. The summed E-state index contributed by atoms with van der Waals surface area (Å²) in [5, 5.41) is 4.69. The first-order valence-electron chi connectivity index (χ1n) is 24.7. The molecule has 4 heterocycles. The van der Waals surface area contributed by atoms with E-state index in [1.165, 1.54) is 60.8 Å². The lowest BCUT2D eigenvalue weighted by atomic mass is 9.85. The Balaban J connectivity index is 0.935. The molecule has 71 heavy (non-hydrogen) atoms. The Morgan fingerprint density at radius 1 is 0.282 bits per heavy atom. The molecule has 0 N–H and O–H groups in total. The second kappa shape index (κ2) is 16.0. The van der Waals surface area contributed by atoms with E-state index in [4.69, 9.17) is 9.97 Å². The van der Waals surface area contributed by atoms with Gasteiger partial charge in [0.05, 0.1) is 22.1 Å². The van der Waals surface area contributed by atoms with Crippen LogP contribution in [0.1, 0.15) is 52.7 Å². The van der Waals surface area contributed by atoms with E-state index in [-0.39, 0.29) is 10.8 Å². The van der Waals surface area contributed by atoms with Crippen molar-refractivity contribution >= 4 is 65.9 Å². The van der Waals surface area contributed by atoms with E-state index in [2.05, 4.69) is 268 Å². The molecule has 0 bridgehead atoms. The van der Waals surface area contributed by atoms with E-state index in [9.17, 15) is 0 Å². The molecule has 0 unspecified atom stereocenters. The quantitative estimate of drug-likeness (QED) is 0.167. The summed E-state index contributed by atoms with van der Waals surface area (Å²) < 4.78 is 6.98. The van der Waals surface area contributed by atoms with Gasteiger partial charge in [0.2, 0.25) is 0 Å². The van der Waals surface area contributed by atoms with Gasteiger partial charge < -0.3 is 4.57 Å². The first-order chi connectivity index (χ1) is 34.5. The molecular weight excluding hydrogens is 863 g/mol. The molecule has 5 heteroatoms. The molecule has 0 saturated carbocycles. The molecule has 0 aliphatic rings. The van der Waals surface area contributed by atoms with Gasteiger partial charge in [0, 0.05) is 38.6 Å². The molecule has 342 valence electrons. The topological polar surface area (TPSA) is 40.6 Å². The summed E-state index contributed by atoms with van der Waals surface area (Å²) in [7, 11) is 0. The molecule has 9 aromatic carbocycles. The van der Waals surface area contributed by atoms with E-state index in [1.54, 1.807) is 0 Å². The van der Waals surface area contributed by atoms with Crippen LogP contribution in [-0.4, -0.2) is 23.7 Å². The van der Waals surface area contributed by atoms with E-state index in [0.717, 1.165) is 66.8 Å². The average molecular weight is 916 g/mol. The van der Waals surface area contributed by atoms with Crippen molar-refractivity contribution < 1.29 is 0 Å². The van der Waals surface area contributed by atoms with Crippen LogP contribution in [0.15, 0.2) is 212 Å². The predicted molar refractivity (Wildman–Crippen MR) is 299 cm³/mol. The number of para-hydroxylation sites is 2. The van der Waals surface area contributed by atoms with Gasteiger partial charge >= 0.3 is 0 Å². The molecule has 4 aromatic heterocycles. The summed E-state index contributed by atoms with van der Waals surface area (Å²) in [4.78, 5) is 11.2. The Morgan fingerprint density at radius 3 is 1.03 bits per heavy atom. The van der Waals surface area contributed by atoms with Gasteiger partial charge in [-0.2, -0.15) is 0 Å². The van der Waals surface area contributed by atoms with Crippen molar-refractivity contribution in [3.8, 4) is 50.4 Å². The van der Waals surface area contributed by atoms with Gasteiger partial charge in [-0.15, -0.1) is 0 Å². The lowest BCUT2D eigenvalue weighted by molar-refractivity contribution is 0.590. The molecule has 5 nitrogen and oxygen atoms in total. The van der Waals surface area contributed by atoms with Gasteiger partial charge in [0.25, 0.3) is 0 Å². The highest BCUT2D eigenvalue weighted by molar-refractivity contribution is 6.13. The minimum Gasteiger partial charge on any atom is -0.309 e. The van der Waals surface area contributed by atoms with Crippen molar-refractivity contribution in [3.05, 3.63) is 223 Å². The second-order valence-electron chi connectivity index (χ2n) is 21.2. The molecule has 0 amide bonds. The molecule has 0 radical (unpaired) electrons. The molecule has 13 rings (SSSR count). The van der Waals surface area contributed by atoms with Crippen LogP contribution < -0.4 is 0 Å². The Bertz CT molecular complexity index is 4070. The summed E-state index contributed by atoms with van der Waals surface area (Å²) in [6.45, 7) is 13.8. The van der Waals surface area contributed by atoms with Crippen LogP contribution >= 0.6 is 0 Å². The van der Waals surface area contributed by atoms with Crippen molar-refractivity contribution in [2.75, 3.05) is 0 Å². The summed E-state index contributed by atoms with van der Waals surface area (Å²) in [5.41, 5.74) is 21.0. The maximum atomic E-state index is 5.59. The maximum absolute atomic E-state index is 5.59. The minimum absolute atomic E-state index is 0.0359. The fourth-order valence-electron chi connectivity index (χ4n) is 10.8. The largest absolute Gasteiger partial charge is 0.309 e. The van der Waals surface area contributed by atoms with Crippen LogP contribution in [0.5, 0.6) is 0 Å². The molecule has 0 atom stereocenters. The van der Waals surface area contributed by atoms with Gasteiger partial charge in [-0.05, 0) is 146 Å². The second-order valence-corrected chi connectivity index (χ2v) is 21.2. The lowest BCUT2D eigenvalue weighted by Gasteiger charge is -2.19.